The maximum atomic E-state index is 13.2. The first-order valence-electron chi connectivity index (χ1n) is 23.6. The number of methoxy groups -OCH3 is 1. The van der Waals surface area contributed by atoms with Crippen molar-refractivity contribution in [3.8, 4) is 28.7 Å². The summed E-state index contributed by atoms with van der Waals surface area (Å²) < 4.78 is 86.3. The molecule has 0 aliphatic rings. The van der Waals surface area contributed by atoms with E-state index in [0.29, 0.717) is 69.5 Å². The Morgan fingerprint density at radius 1 is 0.527 bits per heavy atom. The second-order valence-electron chi connectivity index (χ2n) is 17.2. The number of nitrogens with zero attached hydrogens (tertiary/aromatic N) is 1. The number of fused-ring (bicyclic) bond motifs is 1. The van der Waals surface area contributed by atoms with Crippen LogP contribution in [0.4, 0.5) is 17.1 Å². The summed E-state index contributed by atoms with van der Waals surface area (Å²) in [6.45, 7) is 6.42. The van der Waals surface area contributed by atoms with E-state index in [1.165, 1.54) is 0 Å². The van der Waals surface area contributed by atoms with Gasteiger partial charge in [0.05, 0.1) is 16.9 Å². The Labute approximate surface area is 432 Å². The van der Waals surface area contributed by atoms with Crippen LogP contribution >= 0.6 is 0 Å². The number of nitrogens with one attached hydrogen (secondary N) is 2. The summed E-state index contributed by atoms with van der Waals surface area (Å²) in [5.41, 5.74) is 5.45. The Bertz CT molecular complexity index is 3270. The molecule has 7 rings (SSSR count). The van der Waals surface area contributed by atoms with Crippen molar-refractivity contribution in [1.82, 2.24) is 0 Å². The lowest BCUT2D eigenvalue weighted by Gasteiger charge is -2.17. The number of carboxylic acids is 2. The minimum atomic E-state index is -3.83. The van der Waals surface area contributed by atoms with Gasteiger partial charge in [0.2, 0.25) is 0 Å². The standard InChI is InChI=1S/C29H30N2O6S.C27H31NO7S/c1-31(2)26-10-5-9-25-24(26)8-6-12-28(25)38(34,35)30-22-14-16-23(17-15-22)36-19-20-37-27-11-4-3-7-21(27)13-18-29(32)33;1-18-17-25(33-4)19(2)20(3)27(18)36(31,32)28-22-10-12-23(13-11-22)34-15-16-35-24-8-6-5-7-21(24)9-14-26(29)30/h3-12,14-17,30H,13,18-20H2,1-2H3,(H,32,33);5-8,10-13,17,28H,9,14-16H2,1-4H3,(H,29,30). The summed E-state index contributed by atoms with van der Waals surface area (Å²) >= 11 is 0. The summed E-state index contributed by atoms with van der Waals surface area (Å²) in [4.78, 5) is 24.1. The van der Waals surface area contributed by atoms with Crippen LogP contribution < -0.4 is 38.0 Å². The van der Waals surface area contributed by atoms with Crippen molar-refractivity contribution in [3.05, 3.63) is 167 Å². The number of anilines is 3. The summed E-state index contributed by atoms with van der Waals surface area (Å²) in [6.07, 6.45) is 0.840. The molecule has 390 valence electrons. The number of aliphatic carboxylic acids is 2. The fourth-order valence-electron chi connectivity index (χ4n) is 8.00. The molecule has 16 nitrogen and oxygen atoms in total. The van der Waals surface area contributed by atoms with Crippen LogP contribution in [0.25, 0.3) is 10.8 Å². The first kappa shape index (κ1) is 55.4. The van der Waals surface area contributed by atoms with E-state index in [1.807, 2.05) is 80.5 Å². The van der Waals surface area contributed by atoms with Crippen LogP contribution in [0, 0.1) is 20.8 Å². The van der Waals surface area contributed by atoms with E-state index < -0.39 is 32.0 Å². The fourth-order valence-corrected chi connectivity index (χ4v) is 10.9. The van der Waals surface area contributed by atoms with Crippen molar-refractivity contribution in [2.24, 2.45) is 0 Å². The highest BCUT2D eigenvalue weighted by molar-refractivity contribution is 7.93. The minimum Gasteiger partial charge on any atom is -0.496 e. The maximum absolute atomic E-state index is 13.2. The molecule has 0 heterocycles. The molecule has 0 aliphatic heterocycles. The van der Waals surface area contributed by atoms with Gasteiger partial charge in [0.15, 0.2) is 0 Å². The molecule has 0 unspecified atom stereocenters. The van der Waals surface area contributed by atoms with Gasteiger partial charge in [-0.1, -0.05) is 60.7 Å². The number of benzene rings is 7. The molecule has 7 aromatic carbocycles. The zero-order valence-corrected chi connectivity index (χ0v) is 43.7. The summed E-state index contributed by atoms with van der Waals surface area (Å²) in [5.74, 6) is 1.33. The molecule has 0 bridgehead atoms. The molecule has 0 radical (unpaired) electrons. The molecule has 18 heteroatoms. The van der Waals surface area contributed by atoms with E-state index in [2.05, 4.69) is 9.44 Å². The van der Waals surface area contributed by atoms with E-state index in [4.69, 9.17) is 33.9 Å². The molecule has 7 aromatic rings. The number of para-hydroxylation sites is 2. The third kappa shape index (κ3) is 15.0. The van der Waals surface area contributed by atoms with Crippen LogP contribution in [-0.2, 0) is 42.5 Å². The Kier molecular flexibility index (Phi) is 19.2. The molecule has 0 aliphatic carbocycles. The molecule has 0 saturated heterocycles. The number of hydrogen-bond acceptors (Lipinski definition) is 12. The zero-order chi connectivity index (χ0) is 53.4. The Balaban J connectivity index is 0.000000241. The second-order valence-corrected chi connectivity index (χ2v) is 20.4. The van der Waals surface area contributed by atoms with E-state index >= 15 is 0 Å². The lowest BCUT2D eigenvalue weighted by Crippen LogP contribution is -2.16. The van der Waals surface area contributed by atoms with Gasteiger partial charge in [-0.2, -0.15) is 0 Å². The predicted molar refractivity (Wildman–Crippen MR) is 287 cm³/mol. The fraction of sp³-hybridized carbons (Fsp3) is 0.250. The van der Waals surface area contributed by atoms with Gasteiger partial charge in [0, 0.05) is 54.8 Å². The second kappa shape index (κ2) is 25.6. The van der Waals surface area contributed by atoms with Crippen LogP contribution in [-0.4, -0.2) is 86.6 Å². The van der Waals surface area contributed by atoms with Crippen LogP contribution in [0.1, 0.15) is 40.7 Å². The highest BCUT2D eigenvalue weighted by atomic mass is 32.2. The molecule has 4 N–H and O–H groups in total. The highest BCUT2D eigenvalue weighted by Crippen LogP contribution is 2.33. The molecule has 0 amide bonds. The molecule has 0 spiro atoms. The van der Waals surface area contributed by atoms with E-state index in [1.54, 1.807) is 106 Å². The zero-order valence-electron chi connectivity index (χ0n) is 42.1. The highest BCUT2D eigenvalue weighted by Gasteiger charge is 2.23. The van der Waals surface area contributed by atoms with Gasteiger partial charge in [0.25, 0.3) is 20.0 Å². The molecule has 0 saturated carbocycles. The summed E-state index contributed by atoms with van der Waals surface area (Å²) in [5, 5.41) is 19.3. The molecule has 74 heavy (non-hydrogen) atoms. The normalized spacial score (nSPS) is 11.2. The van der Waals surface area contributed by atoms with Crippen molar-refractivity contribution in [3.63, 3.8) is 0 Å². The van der Waals surface area contributed by atoms with E-state index in [9.17, 15) is 26.4 Å². The SMILES string of the molecule is CN(C)c1cccc2c(S(=O)(=O)Nc3ccc(OCCOc4ccccc4CCC(=O)O)cc3)cccc12.COc1cc(C)c(S(=O)(=O)Nc2ccc(OCCOc3ccccc3CCC(=O)O)cc2)c(C)c1C. The monoisotopic (exact) mass is 1050 g/mol. The smallest absolute Gasteiger partial charge is 0.303 e. The number of carboxylic acid groups (broad SMARTS) is 2. The van der Waals surface area contributed by atoms with Gasteiger partial charge in [-0.25, -0.2) is 16.8 Å². The van der Waals surface area contributed by atoms with Crippen molar-refractivity contribution in [2.45, 2.75) is 56.2 Å². The Morgan fingerprint density at radius 3 is 1.47 bits per heavy atom. The number of ether oxygens (including phenoxy) is 5. The van der Waals surface area contributed by atoms with Gasteiger partial charge in [-0.15, -0.1) is 0 Å². The maximum Gasteiger partial charge on any atom is 0.303 e. The lowest BCUT2D eigenvalue weighted by atomic mass is 10.1. The predicted octanol–water partition coefficient (Wildman–Crippen LogP) is 10.1. The van der Waals surface area contributed by atoms with Crippen molar-refractivity contribution < 1.29 is 60.3 Å². The molecular formula is C56H61N3O13S2. The number of carbonyl (C=O) groups is 2. The van der Waals surface area contributed by atoms with Crippen LogP contribution in [0.3, 0.4) is 0 Å². The van der Waals surface area contributed by atoms with Crippen LogP contribution in [0.15, 0.2) is 149 Å². The van der Waals surface area contributed by atoms with E-state index in [0.717, 1.165) is 27.8 Å². The minimum absolute atomic E-state index is 0.0319. The molecular weight excluding hydrogens is 987 g/mol. The Hall–Kier alpha value is -7.96. The van der Waals surface area contributed by atoms with Gasteiger partial charge < -0.3 is 38.8 Å². The topological polar surface area (TPSA) is 216 Å². The van der Waals surface area contributed by atoms with Gasteiger partial charge in [0.1, 0.15) is 55.2 Å². The van der Waals surface area contributed by atoms with Crippen molar-refractivity contribution >= 4 is 59.8 Å². The molecule has 0 aromatic heterocycles. The summed E-state index contributed by atoms with van der Waals surface area (Å²) in [7, 11) is -2.23. The number of rotatable bonds is 24. The van der Waals surface area contributed by atoms with Crippen molar-refractivity contribution in [1.29, 1.82) is 0 Å². The largest absolute Gasteiger partial charge is 0.496 e. The number of aryl methyl sites for hydroxylation is 3. The van der Waals surface area contributed by atoms with Gasteiger partial charge in [-0.05, 0) is 140 Å². The third-order valence-corrected chi connectivity index (χ3v) is 14.8. The van der Waals surface area contributed by atoms with Crippen LogP contribution in [0.2, 0.25) is 0 Å². The van der Waals surface area contributed by atoms with Crippen molar-refractivity contribution in [2.75, 3.05) is 62.0 Å². The third-order valence-electron chi connectivity index (χ3n) is 11.7. The lowest BCUT2D eigenvalue weighted by molar-refractivity contribution is -0.138. The van der Waals surface area contributed by atoms with Gasteiger partial charge >= 0.3 is 11.9 Å². The molecule has 0 atom stereocenters. The van der Waals surface area contributed by atoms with Crippen LogP contribution in [0.5, 0.6) is 28.7 Å². The van der Waals surface area contributed by atoms with E-state index in [-0.39, 0.29) is 49.1 Å². The quantitative estimate of drug-likeness (QED) is 0.0415. The first-order chi connectivity index (χ1) is 35.4. The Morgan fingerprint density at radius 2 is 0.986 bits per heavy atom. The number of hydrogen-bond donors (Lipinski definition) is 4. The molecule has 0 fully saturated rings. The number of sulfonamides is 2. The average molecular weight is 1050 g/mol. The first-order valence-corrected chi connectivity index (χ1v) is 26.5. The summed E-state index contributed by atoms with van der Waals surface area (Å²) in [6, 6.07) is 40.5. The average Bonchev–Trinajstić information content (AvgIpc) is 3.37. The van der Waals surface area contributed by atoms with Gasteiger partial charge in [-0.3, -0.25) is 19.0 Å².